The fourth-order valence-corrected chi connectivity index (χ4v) is 4.10. The highest BCUT2D eigenvalue weighted by Gasteiger charge is 2.37. The Morgan fingerprint density at radius 3 is 1.94 bits per heavy atom. The van der Waals surface area contributed by atoms with Crippen LogP contribution in [-0.4, -0.2) is 18.2 Å². The van der Waals surface area contributed by atoms with Crippen molar-refractivity contribution in [2.24, 2.45) is 10.8 Å². The Kier molecular flexibility index (Phi) is 7.36. The van der Waals surface area contributed by atoms with Gasteiger partial charge in [0, 0.05) is 0 Å². The van der Waals surface area contributed by atoms with E-state index in [0.717, 1.165) is 12.0 Å². The first-order chi connectivity index (χ1) is 14.4. The molecule has 0 fully saturated rings. The van der Waals surface area contributed by atoms with Gasteiger partial charge in [-0.2, -0.15) is 17.2 Å². The second-order valence-corrected chi connectivity index (χ2v) is 11.6. The van der Waals surface area contributed by atoms with Crippen molar-refractivity contribution in [3.05, 3.63) is 65.0 Å². The molecule has 0 spiro atoms. The van der Waals surface area contributed by atoms with Gasteiger partial charge in [0.2, 0.25) is 17.4 Å². The quantitative estimate of drug-likeness (QED) is 0.364. The fraction of sp³-hybridized carbons (Fsp3) is 0.478. The molecule has 0 aromatic heterocycles. The third-order valence-corrected chi connectivity index (χ3v) is 6.04. The van der Waals surface area contributed by atoms with Crippen molar-refractivity contribution < 1.29 is 35.3 Å². The number of halogens is 4. The zero-order valence-corrected chi connectivity index (χ0v) is 19.7. The van der Waals surface area contributed by atoms with Crippen molar-refractivity contribution in [3.63, 3.8) is 0 Å². The van der Waals surface area contributed by atoms with E-state index in [9.17, 15) is 26.0 Å². The van der Waals surface area contributed by atoms with Gasteiger partial charge in [-0.3, -0.25) is 4.55 Å². The zero-order chi connectivity index (χ0) is 24.6. The van der Waals surface area contributed by atoms with Crippen LogP contribution in [0, 0.1) is 10.8 Å². The maximum Gasteiger partial charge on any atom is 0.278 e. The van der Waals surface area contributed by atoms with Gasteiger partial charge in [0.1, 0.15) is 5.75 Å². The van der Waals surface area contributed by atoms with Crippen LogP contribution < -0.4 is 4.74 Å². The zero-order valence-electron chi connectivity index (χ0n) is 18.8. The molecule has 178 valence electrons. The normalized spacial score (nSPS) is 19.6. The smallest absolute Gasteiger partial charge is 0.278 e. The van der Waals surface area contributed by atoms with Gasteiger partial charge in [0.25, 0.3) is 10.1 Å². The molecule has 1 aromatic rings. The third-order valence-electron chi connectivity index (χ3n) is 5.05. The predicted molar refractivity (Wildman–Crippen MR) is 115 cm³/mol. The lowest BCUT2D eigenvalue weighted by atomic mass is 9.69. The van der Waals surface area contributed by atoms with Gasteiger partial charge in [-0.05, 0) is 46.9 Å². The molecule has 1 N–H and O–H groups in total. The highest BCUT2D eigenvalue weighted by atomic mass is 32.2. The maximum absolute atomic E-state index is 14.4. The summed E-state index contributed by atoms with van der Waals surface area (Å²) in [7, 11) is -5.27. The van der Waals surface area contributed by atoms with Gasteiger partial charge < -0.3 is 4.74 Å². The molecule has 0 bridgehead atoms. The van der Waals surface area contributed by atoms with Crippen LogP contribution in [0.2, 0.25) is 0 Å². The Balaban J connectivity index is 2.42. The monoisotopic (exact) mass is 476 g/mol. The predicted octanol–water partition coefficient (Wildman–Crippen LogP) is 7.09. The Morgan fingerprint density at radius 2 is 1.50 bits per heavy atom. The van der Waals surface area contributed by atoms with Crippen molar-refractivity contribution >= 4 is 10.1 Å². The lowest BCUT2D eigenvalue weighted by Gasteiger charge is -2.36. The van der Waals surface area contributed by atoms with E-state index >= 15 is 0 Å². The van der Waals surface area contributed by atoms with Crippen LogP contribution in [0.5, 0.6) is 5.75 Å². The van der Waals surface area contributed by atoms with Crippen molar-refractivity contribution in [1.82, 2.24) is 0 Å². The average Bonchev–Trinajstić information content (AvgIpc) is 2.71. The molecular weight excluding hydrogens is 448 g/mol. The third kappa shape index (κ3) is 6.22. The van der Waals surface area contributed by atoms with Crippen LogP contribution in [-0.2, 0) is 10.1 Å². The second kappa shape index (κ2) is 9.02. The van der Waals surface area contributed by atoms with E-state index in [1.165, 1.54) is 12.1 Å². The number of allylic oxidation sites excluding steroid dienone is 3. The minimum atomic E-state index is -5.27. The van der Waals surface area contributed by atoms with Crippen molar-refractivity contribution in [1.29, 1.82) is 0 Å². The van der Waals surface area contributed by atoms with Gasteiger partial charge in [-0.15, -0.1) is 0 Å². The van der Waals surface area contributed by atoms with Gasteiger partial charge in [-0.25, -0.2) is 8.78 Å². The van der Waals surface area contributed by atoms with Crippen LogP contribution >= 0.6 is 0 Å². The van der Waals surface area contributed by atoms with Crippen LogP contribution in [0.4, 0.5) is 17.6 Å². The lowest BCUT2D eigenvalue weighted by Crippen LogP contribution is -2.23. The Morgan fingerprint density at radius 1 is 0.969 bits per heavy atom. The Bertz CT molecular complexity index is 1060. The van der Waals surface area contributed by atoms with Gasteiger partial charge in [0.15, 0.2) is 16.9 Å². The number of benzene rings is 1. The summed E-state index contributed by atoms with van der Waals surface area (Å²) in [5, 5.41) is -2.72. The van der Waals surface area contributed by atoms with E-state index < -0.39 is 44.4 Å². The standard InChI is InChI=1S/C23H28F4O4S/c1-22(2,3)12-15(23(4,5)6)13-7-9-14(10-8-13)31-21-18(25)16(24)11-17(32(28,29)30)19(26)20(21)27/h7-11,15,17H,12H2,1-6H3,(H,28,29,30). The Hall–Kier alpha value is -2.13. The largest absolute Gasteiger partial charge is 0.451 e. The molecule has 32 heavy (non-hydrogen) atoms. The molecule has 0 heterocycles. The number of rotatable bonds is 5. The van der Waals surface area contributed by atoms with E-state index in [1.807, 2.05) is 0 Å². The van der Waals surface area contributed by atoms with Crippen molar-refractivity contribution in [3.8, 4) is 5.75 Å². The van der Waals surface area contributed by atoms with Gasteiger partial charge in [0.05, 0.1) is 0 Å². The number of ether oxygens (including phenoxy) is 1. The minimum Gasteiger partial charge on any atom is -0.451 e. The highest BCUT2D eigenvalue weighted by Crippen LogP contribution is 2.43. The molecule has 2 unspecified atom stereocenters. The molecule has 1 aromatic carbocycles. The lowest BCUT2D eigenvalue weighted by molar-refractivity contribution is 0.229. The molecule has 4 nitrogen and oxygen atoms in total. The summed E-state index contributed by atoms with van der Waals surface area (Å²) < 4.78 is 93.5. The van der Waals surface area contributed by atoms with E-state index in [0.29, 0.717) is 0 Å². The van der Waals surface area contributed by atoms with Gasteiger partial charge in [-0.1, -0.05) is 53.7 Å². The first kappa shape index (κ1) is 26.1. The average molecular weight is 477 g/mol. The SMILES string of the molecule is CC(C)(C)CC(c1ccc(OC2=C(F)C(F)=CC(S(=O)(=O)O)C(F)=C2F)cc1)C(C)(C)C. The molecule has 0 radical (unpaired) electrons. The second-order valence-electron chi connectivity index (χ2n) is 10.1. The van der Waals surface area contributed by atoms with E-state index in [2.05, 4.69) is 41.5 Å². The summed E-state index contributed by atoms with van der Waals surface area (Å²) in [5.74, 6) is -9.34. The first-order valence-electron chi connectivity index (χ1n) is 9.99. The summed E-state index contributed by atoms with van der Waals surface area (Å²) in [5.41, 5.74) is 0.914. The maximum atomic E-state index is 14.4. The molecule has 2 atom stereocenters. The molecule has 1 aliphatic rings. The summed E-state index contributed by atoms with van der Waals surface area (Å²) in [6.45, 7) is 12.7. The molecule has 9 heteroatoms. The molecule has 2 rings (SSSR count). The summed E-state index contributed by atoms with van der Waals surface area (Å²) >= 11 is 0. The minimum absolute atomic E-state index is 0.0420. The van der Waals surface area contributed by atoms with Crippen molar-refractivity contribution in [2.45, 2.75) is 59.1 Å². The van der Waals surface area contributed by atoms with Crippen LogP contribution in [0.1, 0.15) is 59.4 Å². The molecular formula is C23H28F4O4S. The first-order valence-corrected chi connectivity index (χ1v) is 11.5. The van der Waals surface area contributed by atoms with E-state index in [4.69, 9.17) is 9.29 Å². The summed E-state index contributed by atoms with van der Waals surface area (Å²) in [4.78, 5) is 0. The van der Waals surface area contributed by atoms with E-state index in [1.54, 1.807) is 12.1 Å². The number of hydrogen-bond donors (Lipinski definition) is 1. The van der Waals surface area contributed by atoms with E-state index in [-0.39, 0.29) is 28.6 Å². The Labute approximate surface area is 186 Å². The van der Waals surface area contributed by atoms with Crippen LogP contribution in [0.3, 0.4) is 0 Å². The van der Waals surface area contributed by atoms with Crippen LogP contribution in [0.25, 0.3) is 0 Å². The van der Waals surface area contributed by atoms with Gasteiger partial charge >= 0.3 is 0 Å². The molecule has 0 saturated heterocycles. The van der Waals surface area contributed by atoms with Crippen molar-refractivity contribution in [2.75, 3.05) is 0 Å². The summed E-state index contributed by atoms with van der Waals surface area (Å²) in [6.07, 6.45) is 0.797. The topological polar surface area (TPSA) is 63.6 Å². The molecule has 0 amide bonds. The summed E-state index contributed by atoms with van der Waals surface area (Å²) in [6, 6.07) is 6.23. The number of hydrogen-bond acceptors (Lipinski definition) is 3. The highest BCUT2D eigenvalue weighted by molar-refractivity contribution is 7.86. The van der Waals surface area contributed by atoms with Crippen LogP contribution in [0.15, 0.2) is 59.4 Å². The fourth-order valence-electron chi connectivity index (χ4n) is 3.45. The molecule has 0 aliphatic heterocycles. The molecule has 0 saturated carbocycles. The molecule has 1 aliphatic carbocycles.